The van der Waals surface area contributed by atoms with Gasteiger partial charge in [0.1, 0.15) is 10.7 Å². The third kappa shape index (κ3) is 2.60. The zero-order valence-electron chi connectivity index (χ0n) is 12.0. The fourth-order valence-electron chi connectivity index (χ4n) is 2.65. The first kappa shape index (κ1) is 14.6. The van der Waals surface area contributed by atoms with E-state index in [1.54, 1.807) is 11.3 Å². The summed E-state index contributed by atoms with van der Waals surface area (Å²) in [6.07, 6.45) is -1.40. The normalized spacial score (nSPS) is 23.1. The molecule has 2 aromatic rings. The second-order valence-corrected chi connectivity index (χ2v) is 6.63. The van der Waals surface area contributed by atoms with Crippen LogP contribution in [-0.4, -0.2) is 50.4 Å². The topological polar surface area (TPSA) is 108 Å². The number of aromatic nitrogens is 2. The number of aryl methyl sites for hydroxylation is 2. The summed E-state index contributed by atoms with van der Waals surface area (Å²) in [7, 11) is 0. The molecule has 0 bridgehead atoms. The molecule has 3 heterocycles. The Morgan fingerprint density at radius 1 is 1.29 bits per heavy atom. The lowest BCUT2D eigenvalue weighted by Crippen LogP contribution is -2.23. The molecular formula is C13H19N5O2S. The van der Waals surface area contributed by atoms with Gasteiger partial charge in [-0.25, -0.2) is 15.8 Å². The SMILES string of the molecule is Cc1sc2nc(CN3CC(O)C(O)C3)nc(NN)c2c1C. The first-order valence-electron chi connectivity index (χ1n) is 6.81. The monoisotopic (exact) mass is 309 g/mol. The van der Waals surface area contributed by atoms with Crippen molar-refractivity contribution in [1.82, 2.24) is 14.9 Å². The molecule has 21 heavy (non-hydrogen) atoms. The van der Waals surface area contributed by atoms with Crippen LogP contribution in [0.3, 0.4) is 0 Å². The van der Waals surface area contributed by atoms with Gasteiger partial charge in [0.2, 0.25) is 0 Å². The molecule has 1 saturated heterocycles. The van der Waals surface area contributed by atoms with E-state index in [-0.39, 0.29) is 0 Å². The standard InChI is InChI=1S/C13H19N5O2S/c1-6-7(2)21-13-11(6)12(17-14)15-10(16-13)5-18-3-8(19)9(20)4-18/h8-9,19-20H,3-5,14H2,1-2H3,(H,15,16,17). The quantitative estimate of drug-likeness (QED) is 0.471. The van der Waals surface area contributed by atoms with Crippen LogP contribution in [0.2, 0.25) is 0 Å². The van der Waals surface area contributed by atoms with Gasteiger partial charge in [0.15, 0.2) is 5.82 Å². The molecule has 2 unspecified atom stereocenters. The number of nitrogens with two attached hydrogens (primary N) is 1. The van der Waals surface area contributed by atoms with Crippen LogP contribution in [0.4, 0.5) is 5.82 Å². The number of aliphatic hydroxyl groups is 2. The lowest BCUT2D eigenvalue weighted by molar-refractivity contribution is 0.0572. The van der Waals surface area contributed by atoms with Crippen LogP contribution in [-0.2, 0) is 6.54 Å². The Morgan fingerprint density at radius 3 is 2.57 bits per heavy atom. The molecule has 0 aromatic carbocycles. The maximum absolute atomic E-state index is 9.60. The van der Waals surface area contributed by atoms with Crippen LogP contribution in [0.15, 0.2) is 0 Å². The van der Waals surface area contributed by atoms with E-state index in [0.29, 0.717) is 31.3 Å². The third-order valence-electron chi connectivity index (χ3n) is 3.91. The average molecular weight is 309 g/mol. The van der Waals surface area contributed by atoms with Gasteiger partial charge in [0.05, 0.1) is 24.1 Å². The molecule has 0 aliphatic carbocycles. The van der Waals surface area contributed by atoms with Crippen LogP contribution in [0.25, 0.3) is 10.2 Å². The number of thiophene rings is 1. The highest BCUT2D eigenvalue weighted by Crippen LogP contribution is 2.33. The fraction of sp³-hybridized carbons (Fsp3) is 0.538. The summed E-state index contributed by atoms with van der Waals surface area (Å²) >= 11 is 1.62. The van der Waals surface area contributed by atoms with E-state index in [1.807, 2.05) is 11.8 Å². The molecule has 1 fully saturated rings. The number of hydrazine groups is 1. The highest BCUT2D eigenvalue weighted by atomic mass is 32.1. The van der Waals surface area contributed by atoms with Gasteiger partial charge in [-0.1, -0.05) is 0 Å². The van der Waals surface area contributed by atoms with Crippen LogP contribution in [0.5, 0.6) is 0 Å². The Kier molecular flexibility index (Phi) is 3.80. The summed E-state index contributed by atoms with van der Waals surface area (Å²) in [6.45, 7) is 5.42. The molecule has 0 spiro atoms. The molecule has 0 saturated carbocycles. The van der Waals surface area contributed by atoms with Gasteiger partial charge in [-0.3, -0.25) is 4.90 Å². The van der Waals surface area contributed by atoms with Gasteiger partial charge in [-0.05, 0) is 19.4 Å². The highest BCUT2D eigenvalue weighted by molar-refractivity contribution is 7.18. The summed E-state index contributed by atoms with van der Waals surface area (Å²) in [6, 6.07) is 0. The van der Waals surface area contributed by atoms with Crippen LogP contribution >= 0.6 is 11.3 Å². The van der Waals surface area contributed by atoms with Crippen molar-refractivity contribution in [2.45, 2.75) is 32.6 Å². The molecule has 0 radical (unpaired) electrons. The molecule has 3 rings (SSSR count). The van der Waals surface area contributed by atoms with E-state index in [2.05, 4.69) is 22.3 Å². The molecule has 1 aliphatic rings. The molecule has 2 atom stereocenters. The Balaban J connectivity index is 1.93. The molecule has 0 amide bonds. The van der Waals surface area contributed by atoms with Gasteiger partial charge in [0, 0.05) is 18.0 Å². The van der Waals surface area contributed by atoms with Crippen LogP contribution < -0.4 is 11.3 Å². The Morgan fingerprint density at radius 2 is 1.95 bits per heavy atom. The zero-order chi connectivity index (χ0) is 15.1. The summed E-state index contributed by atoms with van der Waals surface area (Å²) in [4.78, 5) is 13.1. The van der Waals surface area contributed by atoms with Crippen molar-refractivity contribution in [3.05, 3.63) is 16.3 Å². The van der Waals surface area contributed by atoms with Gasteiger partial charge >= 0.3 is 0 Å². The summed E-state index contributed by atoms with van der Waals surface area (Å²) in [5, 5.41) is 20.2. The van der Waals surface area contributed by atoms with Gasteiger partial charge in [-0.15, -0.1) is 11.3 Å². The molecule has 1 aliphatic heterocycles. The molecule has 114 valence electrons. The predicted octanol–water partition coefficient (Wildman–Crippen LogP) is 0.131. The predicted molar refractivity (Wildman–Crippen MR) is 82.0 cm³/mol. The van der Waals surface area contributed by atoms with Crippen molar-refractivity contribution in [2.24, 2.45) is 5.84 Å². The highest BCUT2D eigenvalue weighted by Gasteiger charge is 2.30. The van der Waals surface area contributed by atoms with Crippen molar-refractivity contribution in [1.29, 1.82) is 0 Å². The number of nitrogens with one attached hydrogen (secondary N) is 1. The van der Waals surface area contributed by atoms with E-state index < -0.39 is 12.2 Å². The Bertz CT molecular complexity index is 664. The number of rotatable bonds is 3. The first-order chi connectivity index (χ1) is 9.99. The first-order valence-corrected chi connectivity index (χ1v) is 7.63. The fourth-order valence-corrected chi connectivity index (χ4v) is 3.69. The summed E-state index contributed by atoms with van der Waals surface area (Å²) in [5.74, 6) is 6.85. The van der Waals surface area contributed by atoms with Crippen molar-refractivity contribution in [2.75, 3.05) is 18.5 Å². The maximum Gasteiger partial charge on any atom is 0.152 e. The number of nitrogens with zero attached hydrogens (tertiary/aromatic N) is 3. The maximum atomic E-state index is 9.60. The molecule has 5 N–H and O–H groups in total. The number of hydrogen-bond donors (Lipinski definition) is 4. The molecule has 7 nitrogen and oxygen atoms in total. The van der Waals surface area contributed by atoms with Crippen LogP contribution in [0.1, 0.15) is 16.3 Å². The summed E-state index contributed by atoms with van der Waals surface area (Å²) in [5.41, 5.74) is 3.79. The number of likely N-dealkylation sites (tertiary alicyclic amines) is 1. The average Bonchev–Trinajstić information content (AvgIpc) is 2.90. The smallest absolute Gasteiger partial charge is 0.152 e. The lowest BCUT2D eigenvalue weighted by atomic mass is 10.2. The van der Waals surface area contributed by atoms with E-state index in [4.69, 9.17) is 5.84 Å². The number of hydrogen-bond acceptors (Lipinski definition) is 8. The van der Waals surface area contributed by atoms with E-state index >= 15 is 0 Å². The van der Waals surface area contributed by atoms with Crippen molar-refractivity contribution >= 4 is 27.4 Å². The summed E-state index contributed by atoms with van der Waals surface area (Å²) < 4.78 is 0. The van der Waals surface area contributed by atoms with E-state index in [1.165, 1.54) is 4.88 Å². The van der Waals surface area contributed by atoms with Crippen molar-refractivity contribution < 1.29 is 10.2 Å². The Hall–Kier alpha value is -1.32. The van der Waals surface area contributed by atoms with Gasteiger partial charge in [0.25, 0.3) is 0 Å². The molecule has 8 heteroatoms. The van der Waals surface area contributed by atoms with Gasteiger partial charge < -0.3 is 15.6 Å². The number of aliphatic hydroxyl groups excluding tert-OH is 2. The third-order valence-corrected chi connectivity index (χ3v) is 5.01. The number of fused-ring (bicyclic) bond motifs is 1. The van der Waals surface area contributed by atoms with Crippen molar-refractivity contribution in [3.63, 3.8) is 0 Å². The second-order valence-electron chi connectivity index (χ2n) is 5.42. The largest absolute Gasteiger partial charge is 0.389 e. The molecule has 2 aromatic heterocycles. The number of nitrogen functional groups attached to an aromatic ring is 1. The molecular weight excluding hydrogens is 290 g/mol. The zero-order valence-corrected chi connectivity index (χ0v) is 12.8. The minimum absolute atomic E-state index is 0.427. The van der Waals surface area contributed by atoms with Crippen LogP contribution in [0, 0.1) is 13.8 Å². The van der Waals surface area contributed by atoms with Crippen molar-refractivity contribution in [3.8, 4) is 0 Å². The lowest BCUT2D eigenvalue weighted by Gasteiger charge is -2.14. The van der Waals surface area contributed by atoms with E-state index in [0.717, 1.165) is 15.8 Å². The Labute approximate surface area is 126 Å². The minimum Gasteiger partial charge on any atom is -0.389 e. The van der Waals surface area contributed by atoms with E-state index in [9.17, 15) is 10.2 Å². The van der Waals surface area contributed by atoms with Gasteiger partial charge in [-0.2, -0.15) is 0 Å². The second kappa shape index (κ2) is 5.47. The minimum atomic E-state index is -0.702. The number of β-amino-alcohol motifs (C(OH)–C–C–N with tert-alkyl or cyclic N) is 2. The number of anilines is 1.